The van der Waals surface area contributed by atoms with Crippen LogP contribution in [-0.2, 0) is 9.47 Å². The number of pyridine rings is 1. The van der Waals surface area contributed by atoms with E-state index in [2.05, 4.69) is 25.2 Å². The Kier molecular flexibility index (Phi) is 7.05. The molecule has 0 unspecified atom stereocenters. The number of carboxylic acid groups (broad SMARTS) is 1. The molecule has 2 aromatic heterocycles. The fourth-order valence-corrected chi connectivity index (χ4v) is 4.68. The molecule has 1 saturated carbocycles. The Morgan fingerprint density at radius 2 is 2.03 bits per heavy atom. The summed E-state index contributed by atoms with van der Waals surface area (Å²) in [5.74, 6) is -0.354. The molecule has 13 heteroatoms. The average molecular weight is 511 g/mol. The molecule has 2 N–H and O–H groups in total. The fourth-order valence-electron chi connectivity index (χ4n) is 4.55. The number of hydrogen-bond donors (Lipinski definition) is 2. The van der Waals surface area contributed by atoms with Crippen molar-refractivity contribution in [1.82, 2.24) is 25.2 Å². The third kappa shape index (κ3) is 5.66. The summed E-state index contributed by atoms with van der Waals surface area (Å²) in [7, 11) is 0. The first-order valence-corrected chi connectivity index (χ1v) is 12.1. The van der Waals surface area contributed by atoms with Crippen molar-refractivity contribution in [3.8, 4) is 6.01 Å². The Morgan fingerprint density at radius 3 is 2.77 bits per heavy atom. The summed E-state index contributed by atoms with van der Waals surface area (Å²) in [6.45, 7) is 5.88. The molecule has 2 saturated heterocycles. The number of nitrogens with one attached hydrogen (secondary N) is 1. The fraction of sp³-hybridized carbons (Fsp3) is 0.636. The summed E-state index contributed by atoms with van der Waals surface area (Å²) in [4.78, 5) is 28.3. The second-order valence-electron chi connectivity index (χ2n) is 9.30. The zero-order valence-corrected chi connectivity index (χ0v) is 20.0. The molecule has 0 spiro atoms. The molecule has 2 aromatic rings. The first-order chi connectivity index (χ1) is 16.9. The van der Waals surface area contributed by atoms with Crippen molar-refractivity contribution in [1.29, 1.82) is 0 Å². The first kappa shape index (κ1) is 24.2. The highest BCUT2D eigenvalue weighted by Crippen LogP contribution is 2.46. The minimum Gasteiger partial charge on any atom is -0.465 e. The number of halogens is 2. The van der Waals surface area contributed by atoms with Gasteiger partial charge in [-0.15, -0.1) is 0 Å². The topological polar surface area (TPSA) is 122 Å². The molecule has 35 heavy (non-hydrogen) atoms. The largest absolute Gasteiger partial charge is 0.465 e. The number of ether oxygens (including phenoxy) is 3. The van der Waals surface area contributed by atoms with Crippen LogP contribution in [0, 0.1) is 11.2 Å². The summed E-state index contributed by atoms with van der Waals surface area (Å²) in [6.07, 6.45) is 2.36. The lowest BCUT2D eigenvalue weighted by molar-refractivity contribution is 0.0231. The van der Waals surface area contributed by atoms with Crippen LogP contribution in [0.4, 0.5) is 15.0 Å². The molecule has 3 aliphatic rings. The summed E-state index contributed by atoms with van der Waals surface area (Å²) in [6, 6.07) is -0.437. The van der Waals surface area contributed by atoms with E-state index in [1.54, 1.807) is 0 Å². The molecule has 2 aliphatic heterocycles. The maximum absolute atomic E-state index is 15.0. The van der Waals surface area contributed by atoms with Gasteiger partial charge >= 0.3 is 12.1 Å². The second-order valence-corrected chi connectivity index (χ2v) is 9.66. The zero-order chi connectivity index (χ0) is 24.4. The van der Waals surface area contributed by atoms with E-state index >= 15 is 0 Å². The lowest BCUT2D eigenvalue weighted by Gasteiger charge is -2.30. The summed E-state index contributed by atoms with van der Waals surface area (Å²) in [5, 5.41) is 11.7. The molecule has 190 valence electrons. The molecule has 5 rings (SSSR count). The normalized spacial score (nSPS) is 22.6. The van der Waals surface area contributed by atoms with Crippen LogP contribution in [0.25, 0.3) is 10.9 Å². The van der Waals surface area contributed by atoms with Crippen LogP contribution >= 0.6 is 11.6 Å². The maximum Gasteiger partial charge on any atom is 0.405 e. The van der Waals surface area contributed by atoms with Crippen LogP contribution in [0.5, 0.6) is 6.01 Å². The highest BCUT2D eigenvalue weighted by atomic mass is 35.5. The predicted molar refractivity (Wildman–Crippen MR) is 125 cm³/mol. The van der Waals surface area contributed by atoms with Crippen LogP contribution in [0.2, 0.25) is 5.15 Å². The minimum atomic E-state index is -1.15. The lowest BCUT2D eigenvalue weighted by atomic mass is 10.1. The van der Waals surface area contributed by atoms with Crippen molar-refractivity contribution >= 4 is 34.4 Å². The van der Waals surface area contributed by atoms with E-state index < -0.39 is 18.0 Å². The molecule has 11 nitrogen and oxygen atoms in total. The Bertz CT molecular complexity index is 1080. The Hall–Kier alpha value is -2.54. The number of hydrogen-bond acceptors (Lipinski definition) is 9. The van der Waals surface area contributed by atoms with Gasteiger partial charge in [0.2, 0.25) is 0 Å². The smallest absolute Gasteiger partial charge is 0.405 e. The van der Waals surface area contributed by atoms with Gasteiger partial charge in [-0.25, -0.2) is 14.2 Å². The van der Waals surface area contributed by atoms with Crippen LogP contribution in [0.3, 0.4) is 0 Å². The maximum atomic E-state index is 15.0. The van der Waals surface area contributed by atoms with E-state index in [1.165, 1.54) is 6.20 Å². The van der Waals surface area contributed by atoms with Crippen molar-refractivity contribution in [2.75, 3.05) is 70.7 Å². The number of rotatable bonds is 7. The van der Waals surface area contributed by atoms with Crippen molar-refractivity contribution < 1.29 is 28.5 Å². The van der Waals surface area contributed by atoms with E-state index in [-0.39, 0.29) is 35.2 Å². The van der Waals surface area contributed by atoms with Crippen molar-refractivity contribution in [3.63, 3.8) is 0 Å². The Morgan fingerprint density at radius 1 is 1.26 bits per heavy atom. The standard InChI is InChI=1S/C22H28ClFN6O5/c23-18-16(24)17-15(9-25-18)19(30-5-8-34-11-14(10-30)26-21(31)32)28-20(27-17)35-13-22(1-2-22)12-29-3-6-33-7-4-29/h9,14,26H,1-8,10-13H2,(H,31,32)/t14-/m1/s1. The summed E-state index contributed by atoms with van der Waals surface area (Å²) < 4.78 is 32.0. The van der Waals surface area contributed by atoms with Crippen LogP contribution < -0.4 is 15.0 Å². The quantitative estimate of drug-likeness (QED) is 0.533. The first-order valence-electron chi connectivity index (χ1n) is 11.7. The minimum absolute atomic E-state index is 0.0101. The highest BCUT2D eigenvalue weighted by molar-refractivity contribution is 6.30. The van der Waals surface area contributed by atoms with Gasteiger partial charge in [0.15, 0.2) is 11.0 Å². The molecular weight excluding hydrogens is 483 g/mol. The van der Waals surface area contributed by atoms with Gasteiger partial charge < -0.3 is 29.5 Å². The molecule has 1 aliphatic carbocycles. The monoisotopic (exact) mass is 510 g/mol. The van der Waals surface area contributed by atoms with E-state index in [1.807, 2.05) is 4.90 Å². The van der Waals surface area contributed by atoms with Crippen LogP contribution in [0.15, 0.2) is 6.20 Å². The van der Waals surface area contributed by atoms with Gasteiger partial charge in [-0.2, -0.15) is 9.97 Å². The van der Waals surface area contributed by atoms with Gasteiger partial charge in [0, 0.05) is 44.3 Å². The highest BCUT2D eigenvalue weighted by Gasteiger charge is 2.45. The van der Waals surface area contributed by atoms with Crippen LogP contribution in [0.1, 0.15) is 12.8 Å². The molecular formula is C22H28ClFN6O5. The molecule has 3 fully saturated rings. The van der Waals surface area contributed by atoms with E-state index in [0.29, 0.717) is 31.0 Å². The van der Waals surface area contributed by atoms with Gasteiger partial charge in [0.05, 0.1) is 44.5 Å². The second kappa shape index (κ2) is 10.2. The lowest BCUT2D eigenvalue weighted by Crippen LogP contribution is -2.44. The van der Waals surface area contributed by atoms with Crippen molar-refractivity contribution in [2.45, 2.75) is 18.9 Å². The molecule has 0 radical (unpaired) electrons. The average Bonchev–Trinajstić information content (AvgIpc) is 3.64. The zero-order valence-electron chi connectivity index (χ0n) is 19.2. The third-order valence-corrected chi connectivity index (χ3v) is 6.88. The van der Waals surface area contributed by atoms with E-state index in [4.69, 9.17) is 30.9 Å². The molecule has 0 aromatic carbocycles. The number of fused-ring (bicyclic) bond motifs is 1. The summed E-state index contributed by atoms with van der Waals surface area (Å²) >= 11 is 5.94. The van der Waals surface area contributed by atoms with Crippen molar-refractivity contribution in [3.05, 3.63) is 17.2 Å². The SMILES string of the molecule is O=C(O)N[C@H]1COCCN(c2nc(OCC3(CN4CCOCC4)CC3)nc3c(F)c(Cl)ncc23)C1. The van der Waals surface area contributed by atoms with Gasteiger partial charge in [0.25, 0.3) is 0 Å². The van der Waals surface area contributed by atoms with Gasteiger partial charge in [0.1, 0.15) is 11.3 Å². The van der Waals surface area contributed by atoms with Gasteiger partial charge in [-0.1, -0.05) is 11.6 Å². The van der Waals surface area contributed by atoms with Crippen LogP contribution in [-0.4, -0.2) is 103 Å². The number of aromatic nitrogens is 3. The number of nitrogens with zero attached hydrogens (tertiary/aromatic N) is 5. The number of anilines is 1. The predicted octanol–water partition coefficient (Wildman–Crippen LogP) is 1.78. The Labute approximate surface area is 206 Å². The number of morpholine rings is 1. The van der Waals surface area contributed by atoms with Crippen molar-refractivity contribution in [2.24, 2.45) is 5.41 Å². The van der Waals surface area contributed by atoms with Gasteiger partial charge in [-0.05, 0) is 12.8 Å². The number of carbonyl (C=O) groups is 1. The van der Waals surface area contributed by atoms with Gasteiger partial charge in [-0.3, -0.25) is 4.90 Å². The third-order valence-electron chi connectivity index (χ3n) is 6.62. The molecule has 1 amide bonds. The number of amides is 1. The molecule has 0 bridgehead atoms. The molecule has 1 atom stereocenters. The van der Waals surface area contributed by atoms with E-state index in [0.717, 1.165) is 45.7 Å². The molecule has 4 heterocycles. The summed E-state index contributed by atoms with van der Waals surface area (Å²) in [5.41, 5.74) is 0.0351. The Balaban J connectivity index is 1.40. The van der Waals surface area contributed by atoms with E-state index in [9.17, 15) is 9.18 Å².